The van der Waals surface area contributed by atoms with Gasteiger partial charge in [0.15, 0.2) is 11.6 Å². The van der Waals surface area contributed by atoms with Gasteiger partial charge in [-0.1, -0.05) is 32.3 Å². The van der Waals surface area contributed by atoms with E-state index < -0.39 is 46.8 Å². The number of hydrogen-bond acceptors (Lipinski definition) is 3. The van der Waals surface area contributed by atoms with E-state index >= 15 is 0 Å². The third-order valence-electron chi connectivity index (χ3n) is 7.99. The van der Waals surface area contributed by atoms with Crippen molar-refractivity contribution >= 4 is 5.97 Å². The van der Waals surface area contributed by atoms with Crippen LogP contribution in [0.4, 0.5) is 26.3 Å². The molecule has 0 heterocycles. The Hall–Kier alpha value is -2.71. The molecule has 0 amide bonds. The van der Waals surface area contributed by atoms with Crippen molar-refractivity contribution in [1.29, 1.82) is 0 Å². The molecular formula is C28H30F6O3. The standard InChI is InChI=1S/C28H30F6O3/c1-2-16-3-5-17(6-4-16)18-7-9-19(10-8-18)20-11-12-22(23(29)13-20)27(35)36-21-14-24(30)26(25(31)15-21)37-28(32,33)34/h11-19H,2-10H2,1H3. The fourth-order valence-electron chi connectivity index (χ4n) is 5.91. The Kier molecular flexibility index (Phi) is 8.39. The van der Waals surface area contributed by atoms with Gasteiger partial charge >= 0.3 is 12.3 Å². The van der Waals surface area contributed by atoms with Crippen LogP contribution in [-0.2, 0) is 0 Å². The lowest BCUT2D eigenvalue weighted by Crippen LogP contribution is -2.25. The van der Waals surface area contributed by atoms with Crippen molar-refractivity contribution in [2.75, 3.05) is 0 Å². The van der Waals surface area contributed by atoms with E-state index in [1.54, 1.807) is 6.07 Å². The van der Waals surface area contributed by atoms with Crippen molar-refractivity contribution in [2.24, 2.45) is 17.8 Å². The molecule has 0 aliphatic heterocycles. The normalized spacial score (nSPS) is 24.5. The molecule has 202 valence electrons. The maximum absolute atomic E-state index is 14.8. The molecule has 0 radical (unpaired) electrons. The van der Waals surface area contributed by atoms with Crippen molar-refractivity contribution in [3.63, 3.8) is 0 Å². The number of carbonyl (C=O) groups excluding carboxylic acids is 1. The minimum atomic E-state index is -5.31. The van der Waals surface area contributed by atoms with Crippen LogP contribution in [0.2, 0.25) is 0 Å². The first-order valence-electron chi connectivity index (χ1n) is 12.8. The van der Waals surface area contributed by atoms with Gasteiger partial charge in [-0.15, -0.1) is 13.2 Å². The minimum absolute atomic E-state index is 0.187. The molecule has 2 saturated carbocycles. The molecular weight excluding hydrogens is 498 g/mol. The van der Waals surface area contributed by atoms with Gasteiger partial charge in [0.1, 0.15) is 11.6 Å². The highest BCUT2D eigenvalue weighted by Crippen LogP contribution is 2.44. The average molecular weight is 529 g/mol. The molecule has 2 fully saturated rings. The van der Waals surface area contributed by atoms with Crippen LogP contribution in [0.1, 0.15) is 86.6 Å². The molecule has 37 heavy (non-hydrogen) atoms. The van der Waals surface area contributed by atoms with Crippen LogP contribution in [0.5, 0.6) is 11.5 Å². The Morgan fingerprint density at radius 2 is 1.41 bits per heavy atom. The Bertz CT molecular complexity index is 1080. The lowest BCUT2D eigenvalue weighted by Gasteiger charge is -2.38. The third kappa shape index (κ3) is 6.79. The van der Waals surface area contributed by atoms with Crippen LogP contribution >= 0.6 is 0 Å². The molecule has 0 bridgehead atoms. The van der Waals surface area contributed by atoms with E-state index in [-0.39, 0.29) is 5.92 Å². The molecule has 2 aromatic carbocycles. The van der Waals surface area contributed by atoms with Crippen molar-refractivity contribution < 1.29 is 40.6 Å². The lowest BCUT2D eigenvalue weighted by molar-refractivity contribution is -0.276. The smallest absolute Gasteiger partial charge is 0.423 e. The highest BCUT2D eigenvalue weighted by Gasteiger charge is 2.35. The van der Waals surface area contributed by atoms with Gasteiger partial charge in [0.2, 0.25) is 5.75 Å². The molecule has 0 saturated heterocycles. The summed E-state index contributed by atoms with van der Waals surface area (Å²) in [6.45, 7) is 2.26. The van der Waals surface area contributed by atoms with Gasteiger partial charge in [0.25, 0.3) is 0 Å². The van der Waals surface area contributed by atoms with E-state index in [0.717, 1.165) is 43.1 Å². The topological polar surface area (TPSA) is 35.5 Å². The quantitative estimate of drug-likeness (QED) is 0.214. The second kappa shape index (κ2) is 11.4. The largest absolute Gasteiger partial charge is 0.573 e. The van der Waals surface area contributed by atoms with Crippen molar-refractivity contribution in [3.8, 4) is 11.5 Å². The Balaban J connectivity index is 1.36. The molecule has 9 heteroatoms. The fraction of sp³-hybridized carbons (Fsp3) is 0.536. The van der Waals surface area contributed by atoms with Crippen molar-refractivity contribution in [1.82, 2.24) is 0 Å². The Morgan fingerprint density at radius 1 is 0.838 bits per heavy atom. The highest BCUT2D eigenvalue weighted by atomic mass is 19.4. The monoisotopic (exact) mass is 528 g/mol. The molecule has 0 unspecified atom stereocenters. The summed E-state index contributed by atoms with van der Waals surface area (Å²) in [6, 6.07) is 4.93. The van der Waals surface area contributed by atoms with Crippen LogP contribution < -0.4 is 9.47 Å². The molecule has 0 N–H and O–H groups in total. The van der Waals surface area contributed by atoms with E-state index in [4.69, 9.17) is 4.74 Å². The zero-order valence-electron chi connectivity index (χ0n) is 20.6. The Labute approximate surface area is 212 Å². The summed E-state index contributed by atoms with van der Waals surface area (Å²) in [6.07, 6.45) is 5.27. The molecule has 0 spiro atoms. The van der Waals surface area contributed by atoms with E-state index in [1.807, 2.05) is 0 Å². The minimum Gasteiger partial charge on any atom is -0.423 e. The first-order chi connectivity index (χ1) is 17.5. The SMILES string of the molecule is CCC1CCC(C2CCC(c3ccc(C(=O)Oc4cc(F)c(OC(F)(F)F)c(F)c4)c(F)c3)CC2)CC1. The second-order valence-corrected chi connectivity index (χ2v) is 10.2. The zero-order chi connectivity index (χ0) is 26.7. The summed E-state index contributed by atoms with van der Waals surface area (Å²) in [5, 5.41) is 0. The van der Waals surface area contributed by atoms with Gasteiger partial charge in [-0.25, -0.2) is 18.0 Å². The van der Waals surface area contributed by atoms with Gasteiger partial charge < -0.3 is 9.47 Å². The number of esters is 1. The van der Waals surface area contributed by atoms with Crippen molar-refractivity contribution in [2.45, 2.75) is 77.0 Å². The number of alkyl halides is 3. The van der Waals surface area contributed by atoms with Crippen LogP contribution in [-0.4, -0.2) is 12.3 Å². The maximum Gasteiger partial charge on any atom is 0.573 e. The second-order valence-electron chi connectivity index (χ2n) is 10.2. The number of benzene rings is 2. The Morgan fingerprint density at radius 3 is 1.92 bits per heavy atom. The maximum atomic E-state index is 14.8. The van der Waals surface area contributed by atoms with Crippen LogP contribution in [0.15, 0.2) is 30.3 Å². The van der Waals surface area contributed by atoms with Gasteiger partial charge in [0.05, 0.1) is 5.56 Å². The number of halogens is 6. The lowest BCUT2D eigenvalue weighted by atomic mass is 9.68. The summed E-state index contributed by atoms with van der Waals surface area (Å²) in [7, 11) is 0. The summed E-state index contributed by atoms with van der Waals surface area (Å²) in [5.41, 5.74) is 0.342. The zero-order valence-corrected chi connectivity index (χ0v) is 20.6. The van der Waals surface area contributed by atoms with E-state index in [9.17, 15) is 31.1 Å². The molecule has 2 aliphatic rings. The first-order valence-corrected chi connectivity index (χ1v) is 12.8. The van der Waals surface area contributed by atoms with Gasteiger partial charge in [-0.2, -0.15) is 0 Å². The summed E-state index contributed by atoms with van der Waals surface area (Å²) in [4.78, 5) is 12.4. The molecule has 0 atom stereocenters. The third-order valence-corrected chi connectivity index (χ3v) is 7.99. The highest BCUT2D eigenvalue weighted by molar-refractivity contribution is 5.91. The van der Waals surface area contributed by atoms with Crippen LogP contribution in [0.25, 0.3) is 0 Å². The first kappa shape index (κ1) is 27.3. The van der Waals surface area contributed by atoms with Gasteiger partial charge in [-0.3, -0.25) is 0 Å². The molecule has 4 rings (SSSR count). The summed E-state index contributed by atoms with van der Waals surface area (Å²) >= 11 is 0. The molecule has 0 aromatic heterocycles. The molecule has 2 aliphatic carbocycles. The number of rotatable bonds is 6. The average Bonchev–Trinajstić information content (AvgIpc) is 2.86. The van der Waals surface area contributed by atoms with Gasteiger partial charge in [0, 0.05) is 12.1 Å². The van der Waals surface area contributed by atoms with Crippen LogP contribution in [0.3, 0.4) is 0 Å². The van der Waals surface area contributed by atoms with E-state index in [0.29, 0.717) is 18.1 Å². The predicted molar refractivity (Wildman–Crippen MR) is 125 cm³/mol. The molecule has 3 nitrogen and oxygen atoms in total. The predicted octanol–water partition coefficient (Wildman–Crippen LogP) is 8.71. The van der Waals surface area contributed by atoms with E-state index in [2.05, 4.69) is 11.7 Å². The number of carbonyl (C=O) groups is 1. The molecule has 2 aromatic rings. The van der Waals surface area contributed by atoms with Gasteiger partial charge in [-0.05, 0) is 79.9 Å². The van der Waals surface area contributed by atoms with Crippen molar-refractivity contribution in [3.05, 3.63) is 58.9 Å². The van der Waals surface area contributed by atoms with Crippen LogP contribution in [0, 0.1) is 35.2 Å². The summed E-state index contributed by atoms with van der Waals surface area (Å²) < 4.78 is 87.6. The fourth-order valence-corrected chi connectivity index (χ4v) is 5.91. The van der Waals surface area contributed by atoms with E-state index in [1.165, 1.54) is 44.2 Å². The number of ether oxygens (including phenoxy) is 2. The number of hydrogen-bond donors (Lipinski definition) is 0. The summed E-state index contributed by atoms with van der Waals surface area (Å²) in [5.74, 6) is -5.35.